The summed E-state index contributed by atoms with van der Waals surface area (Å²) in [4.78, 5) is 60.8. The minimum absolute atomic E-state index is 0.284. The SMILES string of the molecule is CC(C)C(NC(=O)C(=O)NC1CCCc2ccccc21)C(=O)NC(C=O)CC(=O)NS(C)(=O)=O. The molecule has 12 heteroatoms. The summed E-state index contributed by atoms with van der Waals surface area (Å²) in [6.07, 6.45) is 2.89. The van der Waals surface area contributed by atoms with Crippen LogP contribution < -0.4 is 20.7 Å². The van der Waals surface area contributed by atoms with E-state index in [2.05, 4.69) is 16.0 Å². The molecule has 1 aliphatic carbocycles. The van der Waals surface area contributed by atoms with E-state index < -0.39 is 58.1 Å². The molecule has 0 fully saturated rings. The average molecular weight is 495 g/mol. The van der Waals surface area contributed by atoms with Gasteiger partial charge in [0.1, 0.15) is 12.3 Å². The van der Waals surface area contributed by atoms with E-state index in [1.54, 1.807) is 18.6 Å². The molecule has 0 aromatic heterocycles. The number of aldehydes is 1. The number of carbonyl (C=O) groups is 5. The van der Waals surface area contributed by atoms with E-state index in [1.165, 1.54) is 0 Å². The predicted molar refractivity (Wildman–Crippen MR) is 123 cm³/mol. The Balaban J connectivity index is 1.99. The van der Waals surface area contributed by atoms with Gasteiger partial charge in [0, 0.05) is 0 Å². The quantitative estimate of drug-likeness (QED) is 0.264. The lowest BCUT2D eigenvalue weighted by Gasteiger charge is -2.27. The van der Waals surface area contributed by atoms with Crippen LogP contribution in [0.5, 0.6) is 0 Å². The fourth-order valence-corrected chi connectivity index (χ4v) is 4.22. The minimum atomic E-state index is -3.82. The van der Waals surface area contributed by atoms with Gasteiger partial charge in [0.2, 0.25) is 21.8 Å². The average Bonchev–Trinajstić information content (AvgIpc) is 2.75. The summed E-state index contributed by atoms with van der Waals surface area (Å²) in [5.74, 6) is -4.11. The Morgan fingerprint density at radius 1 is 1.09 bits per heavy atom. The molecule has 3 atom stereocenters. The molecule has 4 amide bonds. The molecule has 34 heavy (non-hydrogen) atoms. The van der Waals surface area contributed by atoms with Gasteiger partial charge in [-0.15, -0.1) is 0 Å². The van der Waals surface area contributed by atoms with Crippen LogP contribution in [0.25, 0.3) is 0 Å². The van der Waals surface area contributed by atoms with Gasteiger partial charge in [-0.3, -0.25) is 23.9 Å². The van der Waals surface area contributed by atoms with E-state index in [-0.39, 0.29) is 12.3 Å². The molecule has 0 radical (unpaired) electrons. The summed E-state index contributed by atoms with van der Waals surface area (Å²) < 4.78 is 24.0. The third kappa shape index (κ3) is 7.94. The zero-order chi connectivity index (χ0) is 25.5. The van der Waals surface area contributed by atoms with Crippen LogP contribution in [-0.4, -0.2) is 56.7 Å². The molecule has 1 aromatic carbocycles. The van der Waals surface area contributed by atoms with E-state index in [4.69, 9.17) is 0 Å². The van der Waals surface area contributed by atoms with Crippen LogP contribution in [0.1, 0.15) is 50.3 Å². The molecule has 0 saturated heterocycles. The van der Waals surface area contributed by atoms with Gasteiger partial charge in [0.15, 0.2) is 0 Å². The summed E-state index contributed by atoms with van der Waals surface area (Å²) in [6.45, 7) is 3.26. The summed E-state index contributed by atoms with van der Waals surface area (Å²) in [5, 5.41) is 7.38. The molecule has 0 saturated carbocycles. The molecule has 3 unspecified atom stereocenters. The molecule has 11 nitrogen and oxygen atoms in total. The molecular weight excluding hydrogens is 464 g/mol. The Morgan fingerprint density at radius 2 is 1.76 bits per heavy atom. The first kappa shape index (κ1) is 27.0. The maximum Gasteiger partial charge on any atom is 0.309 e. The molecule has 1 aromatic rings. The number of hydrogen-bond acceptors (Lipinski definition) is 7. The van der Waals surface area contributed by atoms with Crippen LogP contribution in [-0.2, 0) is 40.4 Å². The summed E-state index contributed by atoms with van der Waals surface area (Å²) in [7, 11) is -3.82. The number of hydrogen-bond donors (Lipinski definition) is 4. The number of carbonyl (C=O) groups excluding carboxylic acids is 5. The highest BCUT2D eigenvalue weighted by molar-refractivity contribution is 7.89. The summed E-state index contributed by atoms with van der Waals surface area (Å²) in [6, 6.07) is 4.86. The van der Waals surface area contributed by atoms with E-state index in [9.17, 15) is 32.4 Å². The molecule has 0 bridgehead atoms. The topological polar surface area (TPSA) is 168 Å². The van der Waals surface area contributed by atoms with Gasteiger partial charge in [0.25, 0.3) is 0 Å². The van der Waals surface area contributed by atoms with Gasteiger partial charge in [-0.1, -0.05) is 38.1 Å². The number of aryl methyl sites for hydroxylation is 1. The molecule has 186 valence electrons. The number of rotatable bonds is 9. The largest absolute Gasteiger partial charge is 0.344 e. The van der Waals surface area contributed by atoms with Crippen molar-refractivity contribution in [3.8, 4) is 0 Å². The van der Waals surface area contributed by atoms with Crippen LogP contribution >= 0.6 is 0 Å². The zero-order valence-corrected chi connectivity index (χ0v) is 20.1. The molecule has 1 aliphatic rings. The molecule has 2 rings (SSSR count). The van der Waals surface area contributed by atoms with Gasteiger partial charge in [-0.25, -0.2) is 8.42 Å². The van der Waals surface area contributed by atoms with Crippen molar-refractivity contribution < 1.29 is 32.4 Å². The monoisotopic (exact) mass is 494 g/mol. The fraction of sp³-hybridized carbons (Fsp3) is 0.500. The first-order chi connectivity index (χ1) is 15.9. The van der Waals surface area contributed by atoms with Gasteiger partial charge < -0.3 is 20.7 Å². The normalized spacial score (nSPS) is 17.0. The second kappa shape index (κ2) is 11.7. The van der Waals surface area contributed by atoms with Crippen LogP contribution in [0.2, 0.25) is 0 Å². The van der Waals surface area contributed by atoms with E-state index in [1.807, 2.05) is 24.3 Å². The lowest BCUT2D eigenvalue weighted by atomic mass is 9.88. The molecule has 0 spiro atoms. The van der Waals surface area contributed by atoms with Crippen LogP contribution in [0.3, 0.4) is 0 Å². The van der Waals surface area contributed by atoms with E-state index in [0.29, 0.717) is 6.42 Å². The smallest absolute Gasteiger partial charge is 0.309 e. The zero-order valence-electron chi connectivity index (χ0n) is 19.3. The Kier molecular flexibility index (Phi) is 9.30. The molecule has 0 heterocycles. The summed E-state index contributed by atoms with van der Waals surface area (Å²) >= 11 is 0. The van der Waals surface area contributed by atoms with Crippen LogP contribution in [0, 0.1) is 5.92 Å². The lowest BCUT2D eigenvalue weighted by molar-refractivity contribution is -0.141. The Bertz CT molecular complexity index is 1060. The highest BCUT2D eigenvalue weighted by Gasteiger charge is 2.30. The molecule has 4 N–H and O–H groups in total. The van der Waals surface area contributed by atoms with Crippen molar-refractivity contribution in [1.29, 1.82) is 0 Å². The standard InChI is InChI=1S/C22H30N4O7S/c1-13(2)19(20(29)23-15(12-27)11-18(28)26-34(3,32)33)25-22(31)21(30)24-17-10-6-8-14-7-4-5-9-16(14)17/h4-5,7,9,12-13,15,17,19H,6,8,10-11H2,1-3H3,(H,23,29)(H,24,30)(H,25,31)(H,26,28). The fourth-order valence-electron chi connectivity index (χ4n) is 3.72. The predicted octanol–water partition coefficient (Wildman–Crippen LogP) is -0.529. The van der Waals surface area contributed by atoms with Crippen molar-refractivity contribution in [1.82, 2.24) is 20.7 Å². The summed E-state index contributed by atoms with van der Waals surface area (Å²) in [5.41, 5.74) is 2.06. The first-order valence-electron chi connectivity index (χ1n) is 10.9. The number of fused-ring (bicyclic) bond motifs is 1. The van der Waals surface area contributed by atoms with Crippen molar-refractivity contribution in [3.63, 3.8) is 0 Å². The van der Waals surface area contributed by atoms with Crippen molar-refractivity contribution in [2.45, 2.75) is 57.7 Å². The maximum absolute atomic E-state index is 12.7. The third-order valence-corrected chi connectivity index (χ3v) is 5.91. The van der Waals surface area contributed by atoms with Gasteiger partial charge in [-0.05, 0) is 36.3 Å². The lowest BCUT2D eigenvalue weighted by Crippen LogP contribution is -2.55. The van der Waals surface area contributed by atoms with Gasteiger partial charge in [0.05, 0.1) is 24.8 Å². The van der Waals surface area contributed by atoms with Crippen LogP contribution in [0.4, 0.5) is 0 Å². The Morgan fingerprint density at radius 3 is 2.38 bits per heavy atom. The Labute approximate surface area is 198 Å². The van der Waals surface area contributed by atoms with Crippen molar-refractivity contribution in [3.05, 3.63) is 35.4 Å². The van der Waals surface area contributed by atoms with Crippen molar-refractivity contribution in [2.75, 3.05) is 6.26 Å². The van der Waals surface area contributed by atoms with E-state index in [0.717, 1.165) is 30.2 Å². The Hall–Kier alpha value is -3.28. The van der Waals surface area contributed by atoms with Gasteiger partial charge in [-0.2, -0.15) is 0 Å². The maximum atomic E-state index is 12.7. The third-order valence-electron chi connectivity index (χ3n) is 5.31. The number of amides is 4. The second-order valence-corrected chi connectivity index (χ2v) is 10.3. The number of sulfonamides is 1. The molecular formula is C22H30N4O7S. The highest BCUT2D eigenvalue weighted by Crippen LogP contribution is 2.29. The number of nitrogens with one attached hydrogen (secondary N) is 4. The second-order valence-electron chi connectivity index (χ2n) is 8.56. The van der Waals surface area contributed by atoms with Gasteiger partial charge >= 0.3 is 11.8 Å². The highest BCUT2D eigenvalue weighted by atomic mass is 32.2. The number of benzene rings is 1. The van der Waals surface area contributed by atoms with E-state index >= 15 is 0 Å². The first-order valence-corrected chi connectivity index (χ1v) is 12.8. The van der Waals surface area contributed by atoms with Crippen LogP contribution in [0.15, 0.2) is 24.3 Å². The van der Waals surface area contributed by atoms with Crippen molar-refractivity contribution in [2.24, 2.45) is 5.92 Å². The van der Waals surface area contributed by atoms with Crippen molar-refractivity contribution >= 4 is 39.9 Å². The minimum Gasteiger partial charge on any atom is -0.344 e. The molecule has 0 aliphatic heterocycles.